The van der Waals surface area contributed by atoms with Crippen LogP contribution in [0.25, 0.3) is 0 Å². The van der Waals surface area contributed by atoms with E-state index in [-0.39, 0.29) is 6.04 Å². The smallest absolute Gasteiger partial charge is 0.207 e. The van der Waals surface area contributed by atoms with Crippen LogP contribution in [0.2, 0.25) is 0 Å². The lowest BCUT2D eigenvalue weighted by Crippen LogP contribution is -2.45. The second-order valence-corrected chi connectivity index (χ2v) is 9.47. The third-order valence-electron chi connectivity index (χ3n) is 5.94. The van der Waals surface area contributed by atoms with Crippen LogP contribution in [-0.2, 0) is 10.0 Å². The Bertz CT molecular complexity index is 903. The number of nitrogens with zero attached hydrogens (tertiary/aromatic N) is 1. The minimum Gasteiger partial charge on any atom is -0.207 e. The van der Waals surface area contributed by atoms with Gasteiger partial charge in [0.25, 0.3) is 0 Å². The number of aryl methyl sites for hydroxylation is 1. The number of sulfonamides is 1. The minimum atomic E-state index is -3.58. The summed E-state index contributed by atoms with van der Waals surface area (Å²) in [5, 5.41) is 0. The van der Waals surface area contributed by atoms with Gasteiger partial charge in [-0.25, -0.2) is 8.42 Å². The van der Waals surface area contributed by atoms with Crippen LogP contribution < -0.4 is 0 Å². The maximum atomic E-state index is 13.5. The van der Waals surface area contributed by atoms with Crippen LogP contribution >= 0.6 is 0 Å². The molecule has 2 aromatic carbocycles. The number of piperidine rings is 1. The van der Waals surface area contributed by atoms with Crippen molar-refractivity contribution in [2.45, 2.75) is 37.1 Å². The second-order valence-electron chi connectivity index (χ2n) is 7.58. The minimum absolute atomic E-state index is 0.111. The molecule has 2 aliphatic rings. The van der Waals surface area contributed by atoms with Gasteiger partial charge in [-0.1, -0.05) is 66.6 Å². The van der Waals surface area contributed by atoms with E-state index < -0.39 is 10.0 Å². The summed E-state index contributed by atoms with van der Waals surface area (Å²) in [6, 6.07) is 17.2. The lowest BCUT2D eigenvalue weighted by atomic mass is 9.78. The largest absolute Gasteiger partial charge is 0.243 e. The highest BCUT2D eigenvalue weighted by Crippen LogP contribution is 2.51. The molecule has 2 fully saturated rings. The first kappa shape index (κ1) is 17.5. The van der Waals surface area contributed by atoms with Crippen molar-refractivity contribution in [3.05, 3.63) is 77.9 Å². The molecule has 1 saturated heterocycles. The molecule has 3 nitrogen and oxygen atoms in total. The van der Waals surface area contributed by atoms with Crippen molar-refractivity contribution >= 4 is 10.0 Å². The molecule has 1 heterocycles. The average molecular weight is 368 g/mol. The molecule has 1 saturated carbocycles. The quantitative estimate of drug-likeness (QED) is 0.737. The molecule has 1 aliphatic carbocycles. The van der Waals surface area contributed by atoms with E-state index in [0.717, 1.165) is 36.0 Å². The fraction of sp³-hybridized carbons (Fsp3) is 0.364. The summed E-state index contributed by atoms with van der Waals surface area (Å²) in [5.74, 6) is 0.753. The monoisotopic (exact) mass is 367 g/mol. The predicted octanol–water partition coefficient (Wildman–Crippen LogP) is 4.71. The maximum Gasteiger partial charge on any atom is 0.243 e. The molecule has 26 heavy (non-hydrogen) atoms. The van der Waals surface area contributed by atoms with Crippen molar-refractivity contribution in [2.24, 2.45) is 11.8 Å². The summed E-state index contributed by atoms with van der Waals surface area (Å²) in [7, 11) is -3.58. The number of hydrogen-bond donors (Lipinski definition) is 0. The Hall–Kier alpha value is -1.91. The Labute approximate surface area is 156 Å². The standard InChI is InChI=1S/C22H25NO2S/c1-16-11-13-19(14-12-16)26(24,25)23-15-17(2)20-9-6-10-21(20)22(23)18-7-4-3-5-8-18/h3-5,7-8,11-14,20-22H,2,6,9-10,15H2,1H3/t20-,21-,22+/m1/s1. The van der Waals surface area contributed by atoms with Crippen LogP contribution in [0.1, 0.15) is 36.4 Å². The first-order chi connectivity index (χ1) is 12.5. The maximum absolute atomic E-state index is 13.5. The highest BCUT2D eigenvalue weighted by Gasteiger charge is 2.47. The van der Waals surface area contributed by atoms with Gasteiger partial charge in [-0.2, -0.15) is 4.31 Å². The third-order valence-corrected chi connectivity index (χ3v) is 7.78. The molecule has 0 amide bonds. The van der Waals surface area contributed by atoms with E-state index in [1.54, 1.807) is 16.4 Å². The summed E-state index contributed by atoms with van der Waals surface area (Å²) >= 11 is 0. The molecule has 2 aromatic rings. The van der Waals surface area contributed by atoms with Crippen LogP contribution in [-0.4, -0.2) is 19.3 Å². The summed E-state index contributed by atoms with van der Waals surface area (Å²) < 4.78 is 28.7. The molecule has 0 spiro atoms. The van der Waals surface area contributed by atoms with Gasteiger partial charge >= 0.3 is 0 Å². The van der Waals surface area contributed by atoms with Gasteiger partial charge in [0, 0.05) is 6.54 Å². The van der Waals surface area contributed by atoms with Crippen LogP contribution in [0.4, 0.5) is 0 Å². The fourth-order valence-electron chi connectivity index (χ4n) is 4.65. The van der Waals surface area contributed by atoms with Crippen molar-refractivity contribution in [3.8, 4) is 0 Å². The number of rotatable bonds is 3. The van der Waals surface area contributed by atoms with Crippen LogP contribution in [0.5, 0.6) is 0 Å². The molecule has 0 bridgehead atoms. The zero-order valence-corrected chi connectivity index (χ0v) is 16.0. The molecule has 4 heteroatoms. The van der Waals surface area contributed by atoms with E-state index in [0.29, 0.717) is 23.3 Å². The zero-order chi connectivity index (χ0) is 18.3. The van der Waals surface area contributed by atoms with E-state index in [2.05, 4.69) is 18.7 Å². The van der Waals surface area contributed by atoms with Crippen LogP contribution in [0.15, 0.2) is 71.6 Å². The lowest BCUT2D eigenvalue weighted by molar-refractivity contribution is 0.180. The SMILES string of the molecule is C=C1CN(S(=O)(=O)c2ccc(C)cc2)[C@@H](c2ccccc2)[C@@H]2CCC[C@H]12. The molecular weight excluding hydrogens is 342 g/mol. The highest BCUT2D eigenvalue weighted by atomic mass is 32.2. The summed E-state index contributed by atoms with van der Waals surface area (Å²) in [4.78, 5) is 0.369. The molecule has 136 valence electrons. The highest BCUT2D eigenvalue weighted by molar-refractivity contribution is 7.89. The average Bonchev–Trinajstić information content (AvgIpc) is 3.13. The van der Waals surface area contributed by atoms with E-state index in [1.807, 2.05) is 37.3 Å². The first-order valence-corrected chi connectivity index (χ1v) is 10.7. The fourth-order valence-corrected chi connectivity index (χ4v) is 6.31. The molecular formula is C22H25NO2S. The third kappa shape index (κ3) is 2.91. The second kappa shape index (κ2) is 6.67. The Morgan fingerprint density at radius 1 is 1.00 bits per heavy atom. The van der Waals surface area contributed by atoms with Gasteiger partial charge in [0.1, 0.15) is 0 Å². The summed E-state index contributed by atoms with van der Waals surface area (Å²) in [5.41, 5.74) is 3.21. The Kier molecular flexibility index (Phi) is 4.49. The number of hydrogen-bond acceptors (Lipinski definition) is 2. The van der Waals surface area contributed by atoms with Crippen molar-refractivity contribution < 1.29 is 8.42 Å². The zero-order valence-electron chi connectivity index (χ0n) is 15.1. The number of fused-ring (bicyclic) bond motifs is 1. The van der Waals surface area contributed by atoms with Gasteiger partial charge in [0.2, 0.25) is 10.0 Å². The molecule has 0 N–H and O–H groups in total. The van der Waals surface area contributed by atoms with Gasteiger partial charge in [0.05, 0.1) is 10.9 Å². The van der Waals surface area contributed by atoms with E-state index in [4.69, 9.17) is 0 Å². The van der Waals surface area contributed by atoms with Crippen molar-refractivity contribution in [2.75, 3.05) is 6.54 Å². The Morgan fingerprint density at radius 3 is 2.38 bits per heavy atom. The molecule has 0 aromatic heterocycles. The summed E-state index contributed by atoms with van der Waals surface area (Å²) in [6.45, 7) is 6.63. The van der Waals surface area contributed by atoms with Crippen molar-refractivity contribution in [1.82, 2.24) is 4.31 Å². The molecule has 3 atom stereocenters. The van der Waals surface area contributed by atoms with E-state index in [1.165, 1.54) is 0 Å². The molecule has 0 unspecified atom stereocenters. The Morgan fingerprint density at radius 2 is 1.69 bits per heavy atom. The van der Waals surface area contributed by atoms with Crippen molar-refractivity contribution in [3.63, 3.8) is 0 Å². The summed E-state index contributed by atoms with van der Waals surface area (Å²) in [6.07, 6.45) is 3.34. The van der Waals surface area contributed by atoms with Gasteiger partial charge in [0.15, 0.2) is 0 Å². The Balaban J connectivity index is 1.81. The topological polar surface area (TPSA) is 37.4 Å². The van der Waals surface area contributed by atoms with E-state index in [9.17, 15) is 8.42 Å². The number of benzene rings is 2. The lowest BCUT2D eigenvalue weighted by Gasteiger charge is -2.43. The van der Waals surface area contributed by atoms with Crippen LogP contribution in [0.3, 0.4) is 0 Å². The van der Waals surface area contributed by atoms with Crippen molar-refractivity contribution in [1.29, 1.82) is 0 Å². The van der Waals surface area contributed by atoms with Crippen LogP contribution in [0, 0.1) is 18.8 Å². The van der Waals surface area contributed by atoms with Gasteiger partial charge in [-0.15, -0.1) is 0 Å². The van der Waals surface area contributed by atoms with Gasteiger partial charge < -0.3 is 0 Å². The molecule has 4 rings (SSSR count). The molecule has 0 radical (unpaired) electrons. The molecule has 1 aliphatic heterocycles. The van der Waals surface area contributed by atoms with Gasteiger partial charge in [-0.05, 0) is 49.3 Å². The first-order valence-electron chi connectivity index (χ1n) is 9.29. The predicted molar refractivity (Wildman–Crippen MR) is 104 cm³/mol. The van der Waals surface area contributed by atoms with Gasteiger partial charge in [-0.3, -0.25) is 0 Å². The van der Waals surface area contributed by atoms with E-state index >= 15 is 0 Å². The normalized spacial score (nSPS) is 26.7.